The average molecular weight is 814 g/mol. The molecule has 0 amide bonds. The van der Waals surface area contributed by atoms with Crippen LogP contribution in [0, 0.1) is 0 Å². The number of carbonyl (C=O) groups excluding carboxylic acids is 3. The van der Waals surface area contributed by atoms with E-state index in [0.29, 0.717) is 17.4 Å². The summed E-state index contributed by atoms with van der Waals surface area (Å²) in [7, 11) is 5.89. The van der Waals surface area contributed by atoms with Crippen LogP contribution >= 0.6 is 0 Å². The molecule has 0 saturated heterocycles. The smallest absolute Gasteiger partial charge is 0.306 e. The highest BCUT2D eigenvalue weighted by Gasteiger charge is 2.21. The second kappa shape index (κ2) is 40.5. The number of ether oxygens (including phenoxy) is 4. The topological polar surface area (TPSA) is 111 Å². The molecule has 332 valence electrons. The molecule has 0 aliphatic heterocycles. The van der Waals surface area contributed by atoms with E-state index in [1.807, 2.05) is 21.1 Å². The molecule has 58 heavy (non-hydrogen) atoms. The molecule has 0 aromatic heterocycles. The number of carboxylic acid groups (broad SMARTS) is 1. The zero-order valence-electron chi connectivity index (χ0n) is 37.4. The third-order valence-electron chi connectivity index (χ3n) is 9.17. The minimum Gasteiger partial charge on any atom is -0.545 e. The Hall–Kier alpha value is -3.27. The van der Waals surface area contributed by atoms with Gasteiger partial charge in [0.25, 0.3) is 0 Å². The van der Waals surface area contributed by atoms with Crippen molar-refractivity contribution in [1.82, 2.24) is 0 Å². The van der Waals surface area contributed by atoms with Crippen molar-refractivity contribution in [3.8, 4) is 0 Å². The van der Waals surface area contributed by atoms with Gasteiger partial charge in [-0.25, -0.2) is 0 Å². The average Bonchev–Trinajstić information content (AvgIpc) is 3.18. The summed E-state index contributed by atoms with van der Waals surface area (Å²) in [5.41, 5.74) is 0. The van der Waals surface area contributed by atoms with Gasteiger partial charge in [-0.3, -0.25) is 9.59 Å². The predicted octanol–water partition coefficient (Wildman–Crippen LogP) is 10.6. The second-order valence-electron chi connectivity index (χ2n) is 16.0. The van der Waals surface area contributed by atoms with E-state index in [1.165, 1.54) is 25.7 Å². The first kappa shape index (κ1) is 54.7. The fourth-order valence-electron chi connectivity index (χ4n) is 5.68. The molecule has 0 aromatic rings. The Kier molecular flexibility index (Phi) is 38.2. The van der Waals surface area contributed by atoms with Gasteiger partial charge in [-0.1, -0.05) is 145 Å². The Morgan fingerprint density at radius 3 is 1.48 bits per heavy atom. The van der Waals surface area contributed by atoms with E-state index in [-0.39, 0.29) is 38.6 Å². The standard InChI is InChI=1S/C49H83NO8/c1-6-8-10-12-14-16-18-19-20-21-22-23-24-25-26-27-28-29-30-32-34-36-38-40-47(52)58-45(44-57-49(48(53)54)55-42-41-50(3,4)5)43-56-46(51)39-37-35-33-31-17-15-13-11-9-7-2/h8,10-11,13-14,16,19-20,22-23,25-26,45,49H,6-7,9,12,15,17-18,21,24,27-44H2,1-5H3/b10-8-,13-11-,16-14-,20-19-,23-22-,26-25-. The molecule has 0 fully saturated rings. The third kappa shape index (κ3) is 40.9. The number of allylic oxidation sites excluding steroid dienone is 12. The minimum absolute atomic E-state index is 0.140. The van der Waals surface area contributed by atoms with Crippen molar-refractivity contribution in [2.45, 2.75) is 174 Å². The maximum absolute atomic E-state index is 12.7. The SMILES string of the molecule is CC/C=C\C/C=C\C/C=C\C/C=C\C/C=C\CCCCCCCCCC(=O)OC(COC(=O)CCCCCCC/C=C\CCC)COC(OCC[N+](C)(C)C)C(=O)[O-]. The van der Waals surface area contributed by atoms with Crippen molar-refractivity contribution in [3.63, 3.8) is 0 Å². The van der Waals surface area contributed by atoms with Crippen molar-refractivity contribution in [3.05, 3.63) is 72.9 Å². The zero-order valence-corrected chi connectivity index (χ0v) is 37.4. The molecule has 0 spiro atoms. The molecule has 0 rings (SSSR count). The number of likely N-dealkylation sites (N-methyl/N-ethyl adjacent to an activating group) is 1. The van der Waals surface area contributed by atoms with E-state index in [1.54, 1.807) is 0 Å². The van der Waals surface area contributed by atoms with Gasteiger partial charge in [0.05, 0.1) is 40.3 Å². The van der Waals surface area contributed by atoms with Crippen LogP contribution in [-0.4, -0.2) is 82.3 Å². The summed E-state index contributed by atoms with van der Waals surface area (Å²) in [5, 5.41) is 11.7. The van der Waals surface area contributed by atoms with Crippen LogP contribution in [0.3, 0.4) is 0 Å². The summed E-state index contributed by atoms with van der Waals surface area (Å²) < 4.78 is 22.5. The lowest BCUT2D eigenvalue weighted by molar-refractivity contribution is -0.870. The van der Waals surface area contributed by atoms with E-state index in [2.05, 4.69) is 86.8 Å². The highest BCUT2D eigenvalue weighted by molar-refractivity contribution is 5.70. The lowest BCUT2D eigenvalue weighted by Crippen LogP contribution is -2.44. The van der Waals surface area contributed by atoms with E-state index in [9.17, 15) is 19.5 Å². The van der Waals surface area contributed by atoms with Gasteiger partial charge in [0.15, 0.2) is 12.4 Å². The first-order valence-corrected chi connectivity index (χ1v) is 22.6. The minimum atomic E-state index is -1.63. The zero-order chi connectivity index (χ0) is 42.8. The largest absolute Gasteiger partial charge is 0.545 e. The van der Waals surface area contributed by atoms with Crippen molar-refractivity contribution >= 4 is 17.9 Å². The summed E-state index contributed by atoms with van der Waals surface area (Å²) in [6, 6.07) is 0. The van der Waals surface area contributed by atoms with Gasteiger partial charge in [0.2, 0.25) is 0 Å². The van der Waals surface area contributed by atoms with Gasteiger partial charge >= 0.3 is 11.9 Å². The Balaban J connectivity index is 4.39. The van der Waals surface area contributed by atoms with Crippen molar-refractivity contribution in [1.29, 1.82) is 0 Å². The summed E-state index contributed by atoms with van der Waals surface area (Å²) >= 11 is 0. The van der Waals surface area contributed by atoms with Crippen LogP contribution in [0.2, 0.25) is 0 Å². The third-order valence-corrected chi connectivity index (χ3v) is 9.17. The first-order chi connectivity index (χ1) is 28.1. The predicted molar refractivity (Wildman–Crippen MR) is 237 cm³/mol. The van der Waals surface area contributed by atoms with Gasteiger partial charge < -0.3 is 33.3 Å². The lowest BCUT2D eigenvalue weighted by atomic mass is 10.1. The number of aliphatic carboxylic acids is 1. The van der Waals surface area contributed by atoms with E-state index in [4.69, 9.17) is 18.9 Å². The van der Waals surface area contributed by atoms with E-state index in [0.717, 1.165) is 103 Å². The van der Waals surface area contributed by atoms with Crippen LogP contribution in [-0.2, 0) is 33.3 Å². The number of quaternary nitrogens is 1. The molecule has 0 heterocycles. The normalized spacial score (nSPS) is 13.6. The molecule has 0 aliphatic rings. The summed E-state index contributed by atoms with van der Waals surface area (Å²) in [6.45, 7) is 4.51. The Bertz CT molecular complexity index is 1180. The Morgan fingerprint density at radius 1 is 0.534 bits per heavy atom. The molecule has 9 heteroatoms. The molecule has 2 atom stereocenters. The van der Waals surface area contributed by atoms with Gasteiger partial charge in [0.1, 0.15) is 13.2 Å². The highest BCUT2D eigenvalue weighted by Crippen LogP contribution is 2.13. The summed E-state index contributed by atoms with van der Waals surface area (Å²) in [6.07, 6.45) is 46.5. The Morgan fingerprint density at radius 2 is 0.983 bits per heavy atom. The molecule has 2 unspecified atom stereocenters. The van der Waals surface area contributed by atoms with Crippen LogP contribution in [0.5, 0.6) is 0 Å². The van der Waals surface area contributed by atoms with Crippen molar-refractivity contribution < 1.29 is 42.9 Å². The fourth-order valence-corrected chi connectivity index (χ4v) is 5.68. The van der Waals surface area contributed by atoms with Crippen LogP contribution in [0.25, 0.3) is 0 Å². The van der Waals surface area contributed by atoms with Gasteiger partial charge in [-0.05, 0) is 77.0 Å². The number of rotatable bonds is 40. The highest BCUT2D eigenvalue weighted by atomic mass is 16.7. The first-order valence-electron chi connectivity index (χ1n) is 22.6. The number of hydrogen-bond donors (Lipinski definition) is 0. The summed E-state index contributed by atoms with van der Waals surface area (Å²) in [4.78, 5) is 36.9. The van der Waals surface area contributed by atoms with Crippen LogP contribution in [0.4, 0.5) is 0 Å². The quantitative estimate of drug-likeness (QED) is 0.0198. The number of hydrogen-bond acceptors (Lipinski definition) is 8. The van der Waals surface area contributed by atoms with Crippen molar-refractivity contribution in [2.24, 2.45) is 0 Å². The molecule has 9 nitrogen and oxygen atoms in total. The summed E-state index contributed by atoms with van der Waals surface area (Å²) in [5.74, 6) is -2.33. The maximum atomic E-state index is 12.7. The number of nitrogens with zero attached hydrogens (tertiary/aromatic N) is 1. The number of carboxylic acids is 1. The lowest BCUT2D eigenvalue weighted by Gasteiger charge is -2.26. The molecule has 0 bridgehead atoms. The molecular formula is C49H83NO8. The molecule has 0 radical (unpaired) electrons. The number of esters is 2. The Labute approximate surface area is 354 Å². The molecular weight excluding hydrogens is 731 g/mol. The monoisotopic (exact) mass is 814 g/mol. The van der Waals surface area contributed by atoms with Gasteiger partial charge in [-0.15, -0.1) is 0 Å². The second-order valence-corrected chi connectivity index (χ2v) is 16.0. The van der Waals surface area contributed by atoms with Crippen molar-refractivity contribution in [2.75, 3.05) is 47.5 Å². The number of carbonyl (C=O) groups is 3. The van der Waals surface area contributed by atoms with Gasteiger partial charge in [0, 0.05) is 12.8 Å². The molecule has 0 aliphatic carbocycles. The number of unbranched alkanes of at least 4 members (excludes halogenated alkanes) is 13. The fraction of sp³-hybridized carbons (Fsp3) is 0.694. The molecule has 0 N–H and O–H groups in total. The van der Waals surface area contributed by atoms with Crippen LogP contribution in [0.1, 0.15) is 162 Å². The molecule has 0 saturated carbocycles. The van der Waals surface area contributed by atoms with Crippen LogP contribution < -0.4 is 5.11 Å². The van der Waals surface area contributed by atoms with Gasteiger partial charge in [-0.2, -0.15) is 0 Å². The van der Waals surface area contributed by atoms with Crippen LogP contribution in [0.15, 0.2) is 72.9 Å². The van der Waals surface area contributed by atoms with E-state index < -0.39 is 24.3 Å². The van der Waals surface area contributed by atoms with E-state index >= 15 is 0 Å². The maximum Gasteiger partial charge on any atom is 0.306 e. The molecule has 0 aromatic carbocycles.